The van der Waals surface area contributed by atoms with Crippen LogP contribution in [0.1, 0.15) is 42.3 Å². The van der Waals surface area contributed by atoms with Crippen molar-refractivity contribution in [1.82, 2.24) is 0 Å². The van der Waals surface area contributed by atoms with Gasteiger partial charge in [-0.05, 0) is 68.1 Å². The average molecular weight is 400 g/mol. The van der Waals surface area contributed by atoms with Crippen LogP contribution in [0.25, 0.3) is 0 Å². The zero-order valence-electron chi connectivity index (χ0n) is 16.8. The highest BCUT2D eigenvalue weighted by atomic mass is 32.2. The van der Waals surface area contributed by atoms with Crippen molar-refractivity contribution in [3.8, 4) is 0 Å². The topological polar surface area (TPSA) is 78.8 Å². The Labute approximate surface area is 166 Å². The molecule has 28 heavy (non-hydrogen) atoms. The van der Waals surface area contributed by atoms with Gasteiger partial charge < -0.3 is 10.2 Å². The lowest BCUT2D eigenvalue weighted by atomic mass is 10.1. The third-order valence-corrected chi connectivity index (χ3v) is 6.13. The molecule has 3 rings (SSSR count). The van der Waals surface area contributed by atoms with Gasteiger partial charge in [0.1, 0.15) is 10.7 Å². The Hall–Kier alpha value is -2.67. The molecule has 0 bridgehead atoms. The van der Waals surface area contributed by atoms with Crippen LogP contribution in [-0.4, -0.2) is 26.7 Å². The molecule has 148 valence electrons. The molecule has 1 heterocycles. The fraction of sp³-hybridized carbons (Fsp3) is 0.333. The fourth-order valence-electron chi connectivity index (χ4n) is 3.15. The fourth-order valence-corrected chi connectivity index (χ4v) is 4.41. The van der Waals surface area contributed by atoms with Crippen molar-refractivity contribution in [3.05, 3.63) is 53.1 Å². The highest BCUT2D eigenvalue weighted by molar-refractivity contribution is 7.90. The first-order valence-corrected chi connectivity index (χ1v) is 10.6. The van der Waals surface area contributed by atoms with Gasteiger partial charge in [0.05, 0.1) is 5.69 Å². The second kappa shape index (κ2) is 7.39. The van der Waals surface area contributed by atoms with Crippen LogP contribution < -0.4 is 10.2 Å². The third-order valence-electron chi connectivity index (χ3n) is 4.75. The molecule has 0 aromatic heterocycles. The Morgan fingerprint density at radius 1 is 1.07 bits per heavy atom. The molecular formula is C21H25N3O3S. The standard InChI is InChI=1S/C21H25N3O3S/c1-13(2)12-24-16(5)23-28(26,27)20-11-17(7-9-19(20)24)21(25)22-18-8-6-14(3)15(4)10-18/h6-11,13H,12H2,1-5H3,(H,22,25). The molecule has 2 aromatic carbocycles. The van der Waals surface area contributed by atoms with Crippen LogP contribution in [0.15, 0.2) is 45.7 Å². The maximum atomic E-state index is 12.7. The van der Waals surface area contributed by atoms with Crippen molar-refractivity contribution in [2.24, 2.45) is 10.3 Å². The molecule has 1 amide bonds. The van der Waals surface area contributed by atoms with Crippen LogP contribution in [-0.2, 0) is 10.0 Å². The number of fused-ring (bicyclic) bond motifs is 1. The van der Waals surface area contributed by atoms with E-state index in [0.29, 0.717) is 29.7 Å². The van der Waals surface area contributed by atoms with Gasteiger partial charge in [-0.1, -0.05) is 19.9 Å². The van der Waals surface area contributed by atoms with E-state index in [4.69, 9.17) is 0 Å². The summed E-state index contributed by atoms with van der Waals surface area (Å²) in [6.07, 6.45) is 0. The number of anilines is 2. The van der Waals surface area contributed by atoms with Crippen molar-refractivity contribution in [2.75, 3.05) is 16.8 Å². The predicted octanol–water partition coefficient (Wildman–Crippen LogP) is 4.14. The molecule has 6 nitrogen and oxygen atoms in total. The van der Waals surface area contributed by atoms with Crippen LogP contribution in [0.2, 0.25) is 0 Å². The van der Waals surface area contributed by atoms with Gasteiger partial charge in [-0.25, -0.2) is 0 Å². The largest absolute Gasteiger partial charge is 0.328 e. The van der Waals surface area contributed by atoms with Crippen molar-refractivity contribution in [3.63, 3.8) is 0 Å². The normalized spacial score (nSPS) is 15.2. The van der Waals surface area contributed by atoms with Crippen LogP contribution in [0, 0.1) is 19.8 Å². The summed E-state index contributed by atoms with van der Waals surface area (Å²) in [6.45, 7) is 10.4. The van der Waals surface area contributed by atoms with E-state index in [9.17, 15) is 13.2 Å². The summed E-state index contributed by atoms with van der Waals surface area (Å²) in [7, 11) is -3.83. The number of amidine groups is 1. The molecule has 1 aliphatic rings. The summed E-state index contributed by atoms with van der Waals surface area (Å²) in [5.74, 6) is 0.406. The molecule has 0 saturated heterocycles. The molecule has 0 unspecified atom stereocenters. The summed E-state index contributed by atoms with van der Waals surface area (Å²) in [4.78, 5) is 14.6. The number of amides is 1. The van der Waals surface area contributed by atoms with E-state index in [2.05, 4.69) is 23.6 Å². The first-order valence-electron chi connectivity index (χ1n) is 9.20. The number of benzene rings is 2. The van der Waals surface area contributed by atoms with Crippen LogP contribution >= 0.6 is 0 Å². The summed E-state index contributed by atoms with van der Waals surface area (Å²) >= 11 is 0. The lowest BCUT2D eigenvalue weighted by Gasteiger charge is -2.30. The maximum absolute atomic E-state index is 12.7. The number of sulfonamides is 1. The Balaban J connectivity index is 1.96. The Morgan fingerprint density at radius 2 is 1.79 bits per heavy atom. The van der Waals surface area contributed by atoms with Crippen LogP contribution in [0.4, 0.5) is 11.4 Å². The zero-order valence-corrected chi connectivity index (χ0v) is 17.6. The molecule has 0 spiro atoms. The Morgan fingerprint density at radius 3 is 2.43 bits per heavy atom. The number of nitrogens with zero attached hydrogens (tertiary/aromatic N) is 2. The predicted molar refractivity (Wildman–Crippen MR) is 113 cm³/mol. The summed E-state index contributed by atoms with van der Waals surface area (Å²) in [5.41, 5.74) is 3.71. The van der Waals surface area contributed by atoms with E-state index < -0.39 is 10.0 Å². The average Bonchev–Trinajstić information content (AvgIpc) is 2.61. The summed E-state index contributed by atoms with van der Waals surface area (Å²) < 4.78 is 29.0. The minimum atomic E-state index is -3.83. The minimum absolute atomic E-state index is 0.0616. The van der Waals surface area contributed by atoms with Crippen LogP contribution in [0.3, 0.4) is 0 Å². The van der Waals surface area contributed by atoms with Gasteiger partial charge in [-0.3, -0.25) is 4.79 Å². The second-order valence-corrected chi connectivity index (χ2v) is 9.13. The molecule has 0 fully saturated rings. The number of hydrogen-bond acceptors (Lipinski definition) is 4. The van der Waals surface area contributed by atoms with E-state index in [-0.39, 0.29) is 16.4 Å². The smallest absolute Gasteiger partial charge is 0.286 e. The van der Waals surface area contributed by atoms with Gasteiger partial charge in [0.15, 0.2) is 0 Å². The molecule has 7 heteroatoms. The first-order chi connectivity index (χ1) is 13.1. The number of carbonyl (C=O) groups excluding carboxylic acids is 1. The van der Waals surface area contributed by atoms with Crippen molar-refractivity contribution in [1.29, 1.82) is 0 Å². The number of hydrogen-bond donors (Lipinski definition) is 1. The summed E-state index contributed by atoms with van der Waals surface area (Å²) in [5, 5.41) is 2.83. The SMILES string of the molecule is CC1=NS(=O)(=O)c2cc(C(=O)Nc3ccc(C)c(C)c3)ccc2N1CC(C)C. The number of carbonyl (C=O) groups is 1. The molecule has 0 radical (unpaired) electrons. The lowest BCUT2D eigenvalue weighted by molar-refractivity contribution is 0.102. The molecule has 0 saturated carbocycles. The number of rotatable bonds is 4. The van der Waals surface area contributed by atoms with Gasteiger partial charge in [0.25, 0.3) is 15.9 Å². The first kappa shape index (κ1) is 20.1. The maximum Gasteiger partial charge on any atom is 0.286 e. The van der Waals surface area contributed by atoms with Gasteiger partial charge >= 0.3 is 0 Å². The summed E-state index contributed by atoms with van der Waals surface area (Å²) in [6, 6.07) is 10.4. The zero-order chi connectivity index (χ0) is 20.6. The lowest BCUT2D eigenvalue weighted by Crippen LogP contribution is -2.36. The monoisotopic (exact) mass is 399 g/mol. The number of nitrogens with one attached hydrogen (secondary N) is 1. The van der Waals surface area contributed by atoms with Crippen LogP contribution in [0.5, 0.6) is 0 Å². The van der Waals surface area contributed by atoms with E-state index in [0.717, 1.165) is 11.1 Å². The van der Waals surface area contributed by atoms with Gasteiger partial charge in [-0.2, -0.15) is 8.42 Å². The Bertz CT molecular complexity index is 1070. The van der Waals surface area contributed by atoms with Crippen molar-refractivity contribution >= 4 is 33.1 Å². The minimum Gasteiger partial charge on any atom is -0.328 e. The Kier molecular flexibility index (Phi) is 5.30. The van der Waals surface area contributed by atoms with Gasteiger partial charge in [-0.15, -0.1) is 4.40 Å². The highest BCUT2D eigenvalue weighted by Gasteiger charge is 2.30. The molecule has 2 aromatic rings. The van der Waals surface area contributed by atoms with E-state index in [1.54, 1.807) is 19.1 Å². The quantitative estimate of drug-likeness (QED) is 0.838. The van der Waals surface area contributed by atoms with E-state index in [1.807, 2.05) is 36.9 Å². The second-order valence-electron chi connectivity index (χ2n) is 7.55. The van der Waals surface area contributed by atoms with Gasteiger partial charge in [0.2, 0.25) is 0 Å². The van der Waals surface area contributed by atoms with Crippen molar-refractivity contribution in [2.45, 2.75) is 39.5 Å². The van der Waals surface area contributed by atoms with Crippen molar-refractivity contribution < 1.29 is 13.2 Å². The van der Waals surface area contributed by atoms with Gasteiger partial charge in [0, 0.05) is 17.8 Å². The molecule has 1 aliphatic heterocycles. The highest BCUT2D eigenvalue weighted by Crippen LogP contribution is 2.33. The number of aryl methyl sites for hydroxylation is 2. The molecular weight excluding hydrogens is 374 g/mol. The van der Waals surface area contributed by atoms with E-state index >= 15 is 0 Å². The molecule has 0 atom stereocenters. The molecule has 0 aliphatic carbocycles. The third kappa shape index (κ3) is 3.94. The van der Waals surface area contributed by atoms with E-state index in [1.165, 1.54) is 6.07 Å². The molecule has 1 N–H and O–H groups in total.